The second-order valence-electron chi connectivity index (χ2n) is 8.54. The molecular formula is C19H29N5O. The summed E-state index contributed by atoms with van der Waals surface area (Å²) in [7, 11) is 0. The lowest BCUT2D eigenvalue weighted by Gasteiger charge is -2.32. The summed E-state index contributed by atoms with van der Waals surface area (Å²) in [6, 6.07) is 0.378. The number of amides is 2. The van der Waals surface area contributed by atoms with E-state index in [9.17, 15) is 4.79 Å². The number of urea groups is 1. The van der Waals surface area contributed by atoms with E-state index in [-0.39, 0.29) is 12.1 Å². The van der Waals surface area contributed by atoms with Gasteiger partial charge in [-0.15, -0.1) is 0 Å². The molecule has 1 aliphatic heterocycles. The first-order valence-corrected chi connectivity index (χ1v) is 10.2. The Balaban J connectivity index is 1.23. The summed E-state index contributed by atoms with van der Waals surface area (Å²) in [5.74, 6) is 5.26. The summed E-state index contributed by atoms with van der Waals surface area (Å²) >= 11 is 0. The van der Waals surface area contributed by atoms with Gasteiger partial charge in [-0.05, 0) is 62.2 Å². The molecule has 5 rings (SSSR count). The fraction of sp³-hybridized carbons (Fsp3) is 0.842. The number of nitrogens with one attached hydrogen (secondary N) is 2. The van der Waals surface area contributed by atoms with Crippen molar-refractivity contribution in [3.8, 4) is 0 Å². The van der Waals surface area contributed by atoms with Gasteiger partial charge in [-0.1, -0.05) is 13.3 Å². The Morgan fingerprint density at radius 3 is 2.88 bits per heavy atom. The number of aromatic nitrogens is 3. The van der Waals surface area contributed by atoms with Gasteiger partial charge in [0.25, 0.3) is 0 Å². The number of hydrogen-bond acceptors (Lipinski definition) is 3. The van der Waals surface area contributed by atoms with Gasteiger partial charge in [-0.2, -0.15) is 5.10 Å². The third-order valence-electron chi connectivity index (χ3n) is 7.29. The summed E-state index contributed by atoms with van der Waals surface area (Å²) in [4.78, 5) is 17.3. The van der Waals surface area contributed by atoms with Crippen molar-refractivity contribution in [2.24, 2.45) is 23.7 Å². The average Bonchev–Trinajstić information content (AvgIpc) is 3.35. The van der Waals surface area contributed by atoms with Crippen LogP contribution in [0.2, 0.25) is 0 Å². The first-order valence-electron chi connectivity index (χ1n) is 10.2. The van der Waals surface area contributed by atoms with Crippen molar-refractivity contribution < 1.29 is 4.79 Å². The average molecular weight is 343 g/mol. The van der Waals surface area contributed by atoms with Crippen molar-refractivity contribution in [3.05, 3.63) is 11.6 Å². The van der Waals surface area contributed by atoms with Gasteiger partial charge in [0.15, 0.2) is 5.82 Å². The number of aryl methyl sites for hydroxylation is 2. The third-order valence-corrected chi connectivity index (χ3v) is 7.29. The normalized spacial score (nSPS) is 38.4. The van der Waals surface area contributed by atoms with Gasteiger partial charge in [0, 0.05) is 19.0 Å². The van der Waals surface area contributed by atoms with Crippen molar-refractivity contribution in [2.75, 3.05) is 0 Å². The zero-order chi connectivity index (χ0) is 17.0. The first-order chi connectivity index (χ1) is 12.2. The van der Waals surface area contributed by atoms with E-state index < -0.39 is 0 Å². The van der Waals surface area contributed by atoms with E-state index in [1.807, 2.05) is 4.68 Å². The molecule has 4 aliphatic rings. The zero-order valence-electron chi connectivity index (χ0n) is 15.1. The molecule has 0 saturated heterocycles. The summed E-state index contributed by atoms with van der Waals surface area (Å²) in [6.07, 6.45) is 9.60. The molecule has 3 aliphatic carbocycles. The van der Waals surface area contributed by atoms with E-state index in [4.69, 9.17) is 0 Å². The minimum atomic E-state index is -0.00778. The zero-order valence-corrected chi connectivity index (χ0v) is 15.1. The monoisotopic (exact) mass is 343 g/mol. The second-order valence-corrected chi connectivity index (χ2v) is 8.54. The molecular weight excluding hydrogens is 314 g/mol. The highest BCUT2D eigenvalue weighted by Crippen LogP contribution is 2.58. The predicted molar refractivity (Wildman–Crippen MR) is 93.9 cm³/mol. The molecule has 6 nitrogen and oxygen atoms in total. The molecule has 6 atom stereocenters. The Bertz CT molecular complexity index is 671. The largest absolute Gasteiger partial charge is 0.335 e. The number of rotatable bonds is 3. The quantitative estimate of drug-likeness (QED) is 0.886. The van der Waals surface area contributed by atoms with Crippen molar-refractivity contribution >= 4 is 6.03 Å². The maximum Gasteiger partial charge on any atom is 0.315 e. The van der Waals surface area contributed by atoms with Crippen molar-refractivity contribution in [2.45, 2.75) is 76.9 Å². The summed E-state index contributed by atoms with van der Waals surface area (Å²) in [5, 5.41) is 11.0. The van der Waals surface area contributed by atoms with E-state index in [0.717, 1.165) is 61.1 Å². The molecule has 25 heavy (non-hydrogen) atoms. The molecule has 2 heterocycles. The molecule has 0 spiro atoms. The van der Waals surface area contributed by atoms with Crippen LogP contribution in [0.5, 0.6) is 0 Å². The molecule has 3 fully saturated rings. The Hall–Kier alpha value is -1.59. The van der Waals surface area contributed by atoms with Crippen LogP contribution in [0.4, 0.5) is 4.79 Å². The second kappa shape index (κ2) is 5.99. The Kier molecular flexibility index (Phi) is 3.75. The first kappa shape index (κ1) is 15.6. The molecule has 2 amide bonds. The van der Waals surface area contributed by atoms with E-state index >= 15 is 0 Å². The van der Waals surface area contributed by atoms with Crippen LogP contribution in [-0.4, -0.2) is 26.8 Å². The topological polar surface area (TPSA) is 71.8 Å². The Morgan fingerprint density at radius 2 is 2.00 bits per heavy atom. The van der Waals surface area contributed by atoms with Crippen LogP contribution in [0.15, 0.2) is 0 Å². The highest BCUT2D eigenvalue weighted by molar-refractivity contribution is 5.74. The lowest BCUT2D eigenvalue weighted by atomic mass is 9.79. The summed E-state index contributed by atoms with van der Waals surface area (Å²) < 4.78 is 1.98. The molecule has 1 aromatic heterocycles. The number of carbonyl (C=O) groups is 1. The van der Waals surface area contributed by atoms with Crippen LogP contribution in [0, 0.1) is 23.7 Å². The standard InChI is InChI=1S/C19H29N5O/c1-2-17-22-18-15(7-4-8-24(18)23-17)20-19(25)21-16-10-11-9-14(16)13-6-3-5-12(11)13/h11-16H,2-10H2,1H3,(H2,20,21,25)/t11-,12-,13-,14+,15+,16-/m1/s1. The van der Waals surface area contributed by atoms with Gasteiger partial charge in [0.2, 0.25) is 0 Å². The maximum absolute atomic E-state index is 12.6. The van der Waals surface area contributed by atoms with Crippen LogP contribution in [-0.2, 0) is 13.0 Å². The van der Waals surface area contributed by atoms with Crippen LogP contribution in [0.3, 0.4) is 0 Å². The number of carbonyl (C=O) groups excluding carboxylic acids is 1. The Labute approximate surface area is 149 Å². The van der Waals surface area contributed by atoms with Crippen LogP contribution >= 0.6 is 0 Å². The minimum Gasteiger partial charge on any atom is -0.335 e. The van der Waals surface area contributed by atoms with Gasteiger partial charge in [0.1, 0.15) is 5.82 Å². The lowest BCUT2D eigenvalue weighted by molar-refractivity contribution is 0.194. The molecule has 0 radical (unpaired) electrons. The number of fused-ring (bicyclic) bond motifs is 6. The smallest absolute Gasteiger partial charge is 0.315 e. The molecule has 3 saturated carbocycles. The van der Waals surface area contributed by atoms with Crippen LogP contribution in [0.25, 0.3) is 0 Å². The molecule has 2 bridgehead atoms. The highest BCUT2D eigenvalue weighted by atomic mass is 16.2. The fourth-order valence-electron chi connectivity index (χ4n) is 6.29. The van der Waals surface area contributed by atoms with Crippen LogP contribution in [0.1, 0.15) is 69.6 Å². The molecule has 0 unspecified atom stereocenters. The van der Waals surface area contributed by atoms with E-state index in [1.54, 1.807) is 0 Å². The predicted octanol–water partition coefficient (Wildman–Crippen LogP) is 2.80. The minimum absolute atomic E-state index is 0.000584. The third kappa shape index (κ3) is 2.56. The van der Waals surface area contributed by atoms with Crippen LogP contribution < -0.4 is 10.6 Å². The SMILES string of the molecule is CCc1nc2n(n1)CCC[C@@H]2NC(=O)N[C@@H]1C[C@H]2C[C@H]1[C@@H]1CCC[C@H]21. The maximum atomic E-state index is 12.6. The van der Waals surface area contributed by atoms with E-state index in [0.29, 0.717) is 6.04 Å². The fourth-order valence-corrected chi connectivity index (χ4v) is 6.29. The number of nitrogens with zero attached hydrogens (tertiary/aromatic N) is 3. The molecule has 136 valence electrons. The molecule has 1 aromatic rings. The van der Waals surface area contributed by atoms with Gasteiger partial charge in [-0.3, -0.25) is 0 Å². The van der Waals surface area contributed by atoms with E-state index in [2.05, 4.69) is 27.6 Å². The highest BCUT2D eigenvalue weighted by Gasteiger charge is 2.54. The van der Waals surface area contributed by atoms with Crippen molar-refractivity contribution in [3.63, 3.8) is 0 Å². The Morgan fingerprint density at radius 1 is 1.12 bits per heavy atom. The van der Waals surface area contributed by atoms with E-state index in [1.165, 1.54) is 32.1 Å². The van der Waals surface area contributed by atoms with Gasteiger partial charge in [0.05, 0.1) is 6.04 Å². The van der Waals surface area contributed by atoms with Gasteiger partial charge >= 0.3 is 6.03 Å². The van der Waals surface area contributed by atoms with Crippen molar-refractivity contribution in [1.29, 1.82) is 0 Å². The van der Waals surface area contributed by atoms with Gasteiger partial charge in [-0.25, -0.2) is 14.5 Å². The molecule has 6 heteroatoms. The summed E-state index contributed by atoms with van der Waals surface area (Å²) in [6.45, 7) is 2.99. The molecule has 0 aromatic carbocycles. The number of hydrogen-bond donors (Lipinski definition) is 2. The molecule has 2 N–H and O–H groups in total. The summed E-state index contributed by atoms with van der Waals surface area (Å²) in [5.41, 5.74) is 0. The van der Waals surface area contributed by atoms with Gasteiger partial charge < -0.3 is 10.6 Å². The lowest BCUT2D eigenvalue weighted by Crippen LogP contribution is -2.48. The van der Waals surface area contributed by atoms with Crippen molar-refractivity contribution in [1.82, 2.24) is 25.4 Å².